The monoisotopic (exact) mass is 508 g/mol. The Hall–Kier alpha value is -2.73. The van der Waals surface area contributed by atoms with Crippen molar-refractivity contribution < 1.29 is 31.6 Å². The molecule has 1 aliphatic heterocycles. The molecule has 182 valence electrons. The molecule has 0 saturated carbocycles. The van der Waals surface area contributed by atoms with E-state index >= 15 is 0 Å². The van der Waals surface area contributed by atoms with E-state index in [1.165, 1.54) is 12.3 Å². The van der Waals surface area contributed by atoms with Crippen LogP contribution < -0.4 is 25.8 Å². The van der Waals surface area contributed by atoms with Gasteiger partial charge in [-0.3, -0.25) is 9.00 Å². The van der Waals surface area contributed by atoms with E-state index in [-0.39, 0.29) is 28.5 Å². The molecule has 0 bridgehead atoms. The molecule has 0 spiro atoms. The number of anilines is 2. The highest BCUT2D eigenvalue weighted by molar-refractivity contribution is 7.86. The van der Waals surface area contributed by atoms with Gasteiger partial charge in [-0.15, -0.1) is 0 Å². The summed E-state index contributed by atoms with van der Waals surface area (Å²) >= 11 is 5.82. The van der Waals surface area contributed by atoms with Gasteiger partial charge in [-0.2, -0.15) is 13.2 Å². The summed E-state index contributed by atoms with van der Waals surface area (Å²) in [6.45, 7) is 1.20. The number of ether oxygens (including phenoxy) is 2. The van der Waals surface area contributed by atoms with Gasteiger partial charge < -0.3 is 25.8 Å². The molecule has 13 heteroatoms. The number of aromatic nitrogens is 1. The molecule has 1 aliphatic rings. The zero-order valence-electron chi connectivity index (χ0n) is 17.9. The number of hydrogen-bond acceptors (Lipinski definition) is 7. The van der Waals surface area contributed by atoms with E-state index in [1.807, 2.05) is 11.9 Å². The summed E-state index contributed by atoms with van der Waals surface area (Å²) in [5.41, 5.74) is 11.4. The number of carbonyl (C=O) groups is 1. The van der Waals surface area contributed by atoms with Crippen LogP contribution in [-0.2, 0) is 15.6 Å². The highest BCUT2D eigenvalue weighted by atomic mass is 35.5. The fourth-order valence-corrected chi connectivity index (χ4v) is 5.06. The first kappa shape index (κ1) is 26.5. The van der Waals surface area contributed by atoms with Crippen molar-refractivity contribution in [1.29, 1.82) is 0 Å². The van der Waals surface area contributed by atoms with Crippen LogP contribution in [-0.4, -0.2) is 53.5 Å². The molecule has 2 aromatic rings. The van der Waals surface area contributed by atoms with Gasteiger partial charge in [0.15, 0.2) is 12.4 Å². The van der Waals surface area contributed by atoms with Gasteiger partial charge >= 0.3 is 6.18 Å². The third-order valence-electron chi connectivity index (χ3n) is 4.44. The molecule has 0 radical (unpaired) electrons. The van der Waals surface area contributed by atoms with E-state index in [2.05, 4.69) is 17.6 Å². The minimum atomic E-state index is -4.52. The number of alkyl halides is 3. The maximum absolute atomic E-state index is 12.5. The van der Waals surface area contributed by atoms with Gasteiger partial charge in [0.2, 0.25) is 6.41 Å². The number of carbonyl (C=O) groups excluding carboxylic acids is 1. The van der Waals surface area contributed by atoms with E-state index in [1.54, 1.807) is 18.2 Å². The summed E-state index contributed by atoms with van der Waals surface area (Å²) in [5.74, 6) is 1.20. The lowest BCUT2D eigenvalue weighted by Gasteiger charge is -2.41. The Morgan fingerprint density at radius 3 is 2.55 bits per heavy atom. The first-order valence-corrected chi connectivity index (χ1v) is 11.4. The Balaban J connectivity index is 0.00000122. The molecule has 4 N–H and O–H groups in total. The molecular weight excluding hydrogens is 485 g/mol. The first-order valence-electron chi connectivity index (χ1n) is 9.50. The lowest BCUT2D eigenvalue weighted by atomic mass is 9.94. The SMILES string of the molecule is CN(CC1(C)CS(=O)C1)c1cc(Oc2ncc(Cl)cc2OCC(F)(F)F)ccc1N.NC=O. The van der Waals surface area contributed by atoms with Crippen LogP contribution in [0.1, 0.15) is 6.92 Å². The summed E-state index contributed by atoms with van der Waals surface area (Å²) in [5, 5.41) is 0.114. The van der Waals surface area contributed by atoms with Crippen LogP contribution in [0, 0.1) is 5.41 Å². The zero-order valence-corrected chi connectivity index (χ0v) is 19.5. The van der Waals surface area contributed by atoms with E-state index < -0.39 is 23.6 Å². The average molecular weight is 509 g/mol. The van der Waals surface area contributed by atoms with Crippen LogP contribution in [0.3, 0.4) is 0 Å². The minimum Gasteiger partial charge on any atom is -0.478 e. The third kappa shape index (κ3) is 7.97. The number of nitrogens with zero attached hydrogens (tertiary/aromatic N) is 2. The number of rotatable bonds is 7. The molecule has 0 unspecified atom stereocenters. The van der Waals surface area contributed by atoms with Crippen molar-refractivity contribution in [3.05, 3.63) is 35.5 Å². The minimum absolute atomic E-state index is 0.0702. The van der Waals surface area contributed by atoms with Gasteiger partial charge in [0.25, 0.3) is 5.88 Å². The van der Waals surface area contributed by atoms with Gasteiger partial charge in [-0.25, -0.2) is 4.98 Å². The summed E-state index contributed by atoms with van der Waals surface area (Å²) in [6, 6.07) is 6.08. The van der Waals surface area contributed by atoms with E-state index in [9.17, 15) is 17.4 Å². The molecule has 1 saturated heterocycles. The zero-order chi connectivity index (χ0) is 24.8. The quantitative estimate of drug-likeness (QED) is 0.434. The van der Waals surface area contributed by atoms with Gasteiger partial charge in [-0.1, -0.05) is 18.5 Å². The van der Waals surface area contributed by atoms with Crippen molar-refractivity contribution in [3.63, 3.8) is 0 Å². The number of nitrogen functional groups attached to an aromatic ring is 1. The fraction of sp³-hybridized carbons (Fsp3) is 0.400. The van der Waals surface area contributed by atoms with Crippen LogP contribution >= 0.6 is 11.6 Å². The first-order chi connectivity index (χ1) is 15.4. The molecule has 8 nitrogen and oxygen atoms in total. The van der Waals surface area contributed by atoms with Crippen molar-refractivity contribution in [2.24, 2.45) is 11.1 Å². The van der Waals surface area contributed by atoms with Crippen LogP contribution in [0.25, 0.3) is 0 Å². The average Bonchev–Trinajstić information content (AvgIpc) is 2.68. The number of halogens is 4. The van der Waals surface area contributed by atoms with Crippen LogP contribution in [0.2, 0.25) is 5.02 Å². The highest BCUT2D eigenvalue weighted by Gasteiger charge is 2.39. The van der Waals surface area contributed by atoms with Crippen molar-refractivity contribution in [3.8, 4) is 17.4 Å². The van der Waals surface area contributed by atoms with Crippen LogP contribution in [0.5, 0.6) is 17.4 Å². The summed E-state index contributed by atoms with van der Waals surface area (Å²) in [6.07, 6.45) is -3.02. The van der Waals surface area contributed by atoms with Gasteiger partial charge in [0, 0.05) is 59.6 Å². The lowest BCUT2D eigenvalue weighted by molar-refractivity contribution is -0.153. The highest BCUT2D eigenvalue weighted by Crippen LogP contribution is 2.37. The standard InChI is InChI=1S/C19H21ClF3N3O3S.CH3NO/c1-18(10-30(27)11-18)8-26(2)15-6-13(3-4-14(15)24)29-17-16(5-12(20)7-25-17)28-9-19(21,22)23;2-1-3/h3-7H,8-11,24H2,1-2H3;1H,(H2,2,3). The maximum atomic E-state index is 12.5. The molecule has 1 aromatic carbocycles. The Morgan fingerprint density at radius 1 is 1.33 bits per heavy atom. The number of pyridine rings is 1. The maximum Gasteiger partial charge on any atom is 0.422 e. The van der Waals surface area contributed by atoms with E-state index in [4.69, 9.17) is 31.6 Å². The largest absolute Gasteiger partial charge is 0.478 e. The molecule has 1 amide bonds. The molecule has 3 rings (SSSR count). The Labute approximate surface area is 196 Å². The number of amides is 1. The summed E-state index contributed by atoms with van der Waals surface area (Å²) in [7, 11) is 1.08. The Kier molecular flexibility index (Phi) is 8.78. The molecule has 1 aromatic heterocycles. The number of hydrogen-bond donors (Lipinski definition) is 2. The molecule has 0 atom stereocenters. The third-order valence-corrected chi connectivity index (χ3v) is 6.69. The van der Waals surface area contributed by atoms with E-state index in [0.29, 0.717) is 35.2 Å². The predicted octanol–water partition coefficient (Wildman–Crippen LogP) is 3.36. The van der Waals surface area contributed by atoms with Crippen molar-refractivity contribution in [2.75, 3.05) is 42.3 Å². The van der Waals surface area contributed by atoms with Gasteiger partial charge in [0.05, 0.1) is 16.4 Å². The second-order valence-electron chi connectivity index (χ2n) is 7.71. The molecular formula is C20H24ClF3N4O4S. The second kappa shape index (κ2) is 10.9. The fourth-order valence-electron chi connectivity index (χ4n) is 3.26. The smallest absolute Gasteiger partial charge is 0.422 e. The van der Waals surface area contributed by atoms with Crippen molar-refractivity contribution in [2.45, 2.75) is 13.1 Å². The lowest BCUT2D eigenvalue weighted by Crippen LogP contribution is -2.49. The van der Waals surface area contributed by atoms with Crippen LogP contribution in [0.4, 0.5) is 24.5 Å². The predicted molar refractivity (Wildman–Crippen MR) is 121 cm³/mol. The topological polar surface area (TPSA) is 121 Å². The molecule has 33 heavy (non-hydrogen) atoms. The number of primary amides is 1. The van der Waals surface area contributed by atoms with Crippen molar-refractivity contribution in [1.82, 2.24) is 4.98 Å². The summed E-state index contributed by atoms with van der Waals surface area (Å²) in [4.78, 5) is 14.5. The normalized spacial score (nSPS) is 19.5. The van der Waals surface area contributed by atoms with E-state index in [0.717, 1.165) is 0 Å². The van der Waals surface area contributed by atoms with Crippen molar-refractivity contribution >= 4 is 40.2 Å². The number of nitrogens with two attached hydrogens (primary N) is 2. The Morgan fingerprint density at radius 2 is 1.97 bits per heavy atom. The van der Waals surface area contributed by atoms with Gasteiger partial charge in [0.1, 0.15) is 5.75 Å². The molecule has 1 fully saturated rings. The molecule has 0 aliphatic carbocycles. The van der Waals surface area contributed by atoms with Crippen LogP contribution in [0.15, 0.2) is 30.5 Å². The van der Waals surface area contributed by atoms with Gasteiger partial charge in [-0.05, 0) is 12.1 Å². The second-order valence-corrected chi connectivity index (χ2v) is 9.61. The molecule has 2 heterocycles. The number of benzene rings is 1. The summed E-state index contributed by atoms with van der Waals surface area (Å²) < 4.78 is 59.5. The Bertz CT molecular complexity index is 1000.